The van der Waals surface area contributed by atoms with Gasteiger partial charge in [-0.1, -0.05) is 31.4 Å². The molecule has 4 heteroatoms. The second kappa shape index (κ2) is 5.94. The molecule has 94 valence electrons. The molecule has 1 heterocycles. The van der Waals surface area contributed by atoms with E-state index in [1.807, 2.05) is 4.68 Å². The second-order valence-electron chi connectivity index (χ2n) is 4.97. The van der Waals surface area contributed by atoms with Crippen molar-refractivity contribution in [3.63, 3.8) is 0 Å². The van der Waals surface area contributed by atoms with Crippen LogP contribution in [0.2, 0.25) is 0 Å². The zero-order chi connectivity index (χ0) is 12.1. The van der Waals surface area contributed by atoms with Crippen molar-refractivity contribution in [2.24, 2.45) is 5.92 Å². The molecule has 2 rings (SSSR count). The first-order valence-electron chi connectivity index (χ1n) is 6.72. The van der Waals surface area contributed by atoms with Gasteiger partial charge < -0.3 is 0 Å². The van der Waals surface area contributed by atoms with Gasteiger partial charge in [-0.2, -0.15) is 0 Å². The van der Waals surface area contributed by atoms with Gasteiger partial charge in [0.1, 0.15) is 5.69 Å². The molecule has 0 saturated heterocycles. The SMILES string of the molecule is CCCCCCn1nnc(C=O)c1CC1CC1. The molecule has 0 amide bonds. The molecular formula is C13H21N3O. The Morgan fingerprint density at radius 1 is 1.35 bits per heavy atom. The van der Waals surface area contributed by atoms with Crippen LogP contribution in [0.1, 0.15) is 61.6 Å². The normalized spacial score (nSPS) is 15.1. The molecule has 0 atom stereocenters. The number of carbonyl (C=O) groups excluding carboxylic acids is 1. The zero-order valence-electron chi connectivity index (χ0n) is 10.6. The molecule has 0 aliphatic heterocycles. The molecule has 1 aromatic rings. The number of hydrogen-bond donors (Lipinski definition) is 0. The zero-order valence-corrected chi connectivity index (χ0v) is 10.6. The Hall–Kier alpha value is -1.19. The maximum absolute atomic E-state index is 10.9. The maximum Gasteiger partial charge on any atom is 0.172 e. The van der Waals surface area contributed by atoms with Crippen LogP contribution in [-0.2, 0) is 13.0 Å². The van der Waals surface area contributed by atoms with E-state index in [9.17, 15) is 4.79 Å². The Morgan fingerprint density at radius 2 is 2.18 bits per heavy atom. The van der Waals surface area contributed by atoms with Crippen molar-refractivity contribution in [1.29, 1.82) is 0 Å². The van der Waals surface area contributed by atoms with E-state index < -0.39 is 0 Å². The lowest BCUT2D eigenvalue weighted by atomic mass is 10.1. The van der Waals surface area contributed by atoms with Crippen LogP contribution >= 0.6 is 0 Å². The van der Waals surface area contributed by atoms with E-state index in [2.05, 4.69) is 17.2 Å². The summed E-state index contributed by atoms with van der Waals surface area (Å²) in [4.78, 5) is 10.9. The predicted molar refractivity (Wildman–Crippen MR) is 66.0 cm³/mol. The highest BCUT2D eigenvalue weighted by molar-refractivity contribution is 5.73. The quantitative estimate of drug-likeness (QED) is 0.514. The molecule has 0 unspecified atom stereocenters. The third kappa shape index (κ3) is 3.38. The van der Waals surface area contributed by atoms with Crippen molar-refractivity contribution >= 4 is 6.29 Å². The van der Waals surface area contributed by atoms with Crippen molar-refractivity contribution in [3.05, 3.63) is 11.4 Å². The lowest BCUT2D eigenvalue weighted by molar-refractivity contribution is 0.111. The van der Waals surface area contributed by atoms with Crippen molar-refractivity contribution in [1.82, 2.24) is 15.0 Å². The van der Waals surface area contributed by atoms with Crippen LogP contribution in [0, 0.1) is 5.92 Å². The standard InChI is InChI=1S/C13H21N3O/c1-2-3-4-5-8-16-13(9-11-6-7-11)12(10-17)14-15-16/h10-11H,2-9H2,1H3. The van der Waals surface area contributed by atoms with Crippen LogP contribution in [0.3, 0.4) is 0 Å². The summed E-state index contributed by atoms with van der Waals surface area (Å²) >= 11 is 0. The van der Waals surface area contributed by atoms with E-state index in [1.165, 1.54) is 32.1 Å². The Labute approximate surface area is 102 Å². The Kier molecular flexibility index (Phi) is 4.29. The van der Waals surface area contributed by atoms with Gasteiger partial charge in [0.2, 0.25) is 0 Å². The molecule has 4 nitrogen and oxygen atoms in total. The third-order valence-electron chi connectivity index (χ3n) is 3.38. The summed E-state index contributed by atoms with van der Waals surface area (Å²) in [5.74, 6) is 0.765. The molecule has 0 radical (unpaired) electrons. The van der Waals surface area contributed by atoms with E-state index >= 15 is 0 Å². The first-order chi connectivity index (χ1) is 8.35. The maximum atomic E-state index is 10.9. The van der Waals surface area contributed by atoms with Crippen molar-refractivity contribution in [2.45, 2.75) is 58.4 Å². The third-order valence-corrected chi connectivity index (χ3v) is 3.38. The minimum Gasteiger partial charge on any atom is -0.296 e. The van der Waals surface area contributed by atoms with Crippen molar-refractivity contribution in [3.8, 4) is 0 Å². The van der Waals surface area contributed by atoms with E-state index in [1.54, 1.807) is 0 Å². The highest BCUT2D eigenvalue weighted by Gasteiger charge is 2.25. The van der Waals surface area contributed by atoms with E-state index in [4.69, 9.17) is 0 Å². The van der Waals surface area contributed by atoms with Gasteiger partial charge in [-0.25, -0.2) is 4.68 Å². The Morgan fingerprint density at radius 3 is 2.82 bits per heavy atom. The lowest BCUT2D eigenvalue weighted by Crippen LogP contribution is -2.07. The minimum absolute atomic E-state index is 0.549. The smallest absolute Gasteiger partial charge is 0.172 e. The molecule has 1 fully saturated rings. The highest BCUT2D eigenvalue weighted by Crippen LogP contribution is 2.33. The van der Waals surface area contributed by atoms with Crippen LogP contribution < -0.4 is 0 Å². The number of nitrogens with zero attached hydrogens (tertiary/aromatic N) is 3. The largest absolute Gasteiger partial charge is 0.296 e. The number of hydrogen-bond acceptors (Lipinski definition) is 3. The van der Waals surface area contributed by atoms with Gasteiger partial charge in [0, 0.05) is 6.54 Å². The predicted octanol–water partition coefficient (Wildman–Crippen LogP) is 2.62. The first-order valence-corrected chi connectivity index (χ1v) is 6.72. The van der Waals surface area contributed by atoms with E-state index in [0.717, 1.165) is 37.3 Å². The number of aryl methyl sites for hydroxylation is 1. The summed E-state index contributed by atoms with van der Waals surface area (Å²) in [6.07, 6.45) is 9.28. The van der Waals surface area contributed by atoms with Gasteiger partial charge in [-0.15, -0.1) is 5.10 Å². The van der Waals surface area contributed by atoms with Crippen molar-refractivity contribution < 1.29 is 4.79 Å². The fourth-order valence-corrected chi connectivity index (χ4v) is 2.11. The first kappa shape index (κ1) is 12.3. The monoisotopic (exact) mass is 235 g/mol. The molecule has 0 spiro atoms. The second-order valence-corrected chi connectivity index (χ2v) is 4.97. The molecule has 1 aliphatic carbocycles. The lowest BCUT2D eigenvalue weighted by Gasteiger charge is -2.05. The average Bonchev–Trinajstić information content (AvgIpc) is 3.07. The van der Waals surface area contributed by atoms with Crippen LogP contribution in [0.25, 0.3) is 0 Å². The molecule has 0 N–H and O–H groups in total. The summed E-state index contributed by atoms with van der Waals surface area (Å²) in [6.45, 7) is 3.11. The van der Waals surface area contributed by atoms with Crippen LogP contribution in [0.5, 0.6) is 0 Å². The Balaban J connectivity index is 1.94. The summed E-state index contributed by atoms with van der Waals surface area (Å²) in [5, 5.41) is 8.06. The van der Waals surface area contributed by atoms with Crippen LogP contribution in [-0.4, -0.2) is 21.3 Å². The average molecular weight is 235 g/mol. The number of carbonyl (C=O) groups is 1. The molecule has 1 aliphatic rings. The van der Waals surface area contributed by atoms with Gasteiger partial charge in [0.25, 0.3) is 0 Å². The number of unbranched alkanes of at least 4 members (excludes halogenated alkanes) is 3. The van der Waals surface area contributed by atoms with Gasteiger partial charge >= 0.3 is 0 Å². The van der Waals surface area contributed by atoms with Gasteiger partial charge in [0.15, 0.2) is 6.29 Å². The minimum atomic E-state index is 0.549. The fraction of sp³-hybridized carbons (Fsp3) is 0.769. The topological polar surface area (TPSA) is 47.8 Å². The van der Waals surface area contributed by atoms with E-state index in [0.29, 0.717) is 5.69 Å². The number of rotatable bonds is 8. The van der Waals surface area contributed by atoms with Crippen LogP contribution in [0.15, 0.2) is 0 Å². The Bertz CT molecular complexity index is 369. The molecular weight excluding hydrogens is 214 g/mol. The molecule has 1 aromatic heterocycles. The van der Waals surface area contributed by atoms with Gasteiger partial charge in [0.05, 0.1) is 5.69 Å². The molecule has 0 aromatic carbocycles. The van der Waals surface area contributed by atoms with Crippen molar-refractivity contribution in [2.75, 3.05) is 0 Å². The number of aldehydes is 1. The van der Waals surface area contributed by atoms with Gasteiger partial charge in [-0.3, -0.25) is 4.79 Å². The molecule has 17 heavy (non-hydrogen) atoms. The highest BCUT2D eigenvalue weighted by atomic mass is 16.1. The van der Waals surface area contributed by atoms with E-state index in [-0.39, 0.29) is 0 Å². The fourth-order valence-electron chi connectivity index (χ4n) is 2.11. The summed E-state index contributed by atoms with van der Waals surface area (Å²) in [5.41, 5.74) is 1.60. The molecule has 0 bridgehead atoms. The number of aromatic nitrogens is 3. The van der Waals surface area contributed by atoms with Gasteiger partial charge in [-0.05, 0) is 31.6 Å². The summed E-state index contributed by atoms with van der Waals surface area (Å²) in [7, 11) is 0. The molecule has 1 saturated carbocycles. The van der Waals surface area contributed by atoms with Crippen LogP contribution in [0.4, 0.5) is 0 Å². The summed E-state index contributed by atoms with van der Waals surface area (Å²) < 4.78 is 1.94. The summed E-state index contributed by atoms with van der Waals surface area (Å²) in [6, 6.07) is 0.